The third kappa shape index (κ3) is 5.97. The van der Waals surface area contributed by atoms with Crippen molar-refractivity contribution in [3.05, 3.63) is 29.8 Å². The molecule has 0 spiro atoms. The molecule has 1 aromatic rings. The van der Waals surface area contributed by atoms with Gasteiger partial charge in [-0.3, -0.25) is 14.4 Å². The molecule has 1 aliphatic rings. The molecule has 7 heteroatoms. The predicted octanol–water partition coefficient (Wildman–Crippen LogP) is 2.60. The average Bonchev–Trinajstić information content (AvgIpc) is 2.66. The molecule has 0 aliphatic heterocycles. The fraction of sp³-hybridized carbons (Fsp3) is 0.571. The van der Waals surface area contributed by atoms with Crippen LogP contribution in [0.4, 0.5) is 0 Å². The summed E-state index contributed by atoms with van der Waals surface area (Å²) in [6, 6.07) is 6.09. The van der Waals surface area contributed by atoms with Crippen molar-refractivity contribution in [1.82, 2.24) is 10.6 Å². The first-order valence-corrected chi connectivity index (χ1v) is 9.88. The van der Waals surface area contributed by atoms with E-state index in [0.29, 0.717) is 43.6 Å². The number of ether oxygens (including phenoxy) is 1. The Bertz CT molecular complexity index is 679. The Morgan fingerprint density at radius 1 is 1.11 bits per heavy atom. The lowest BCUT2D eigenvalue weighted by Gasteiger charge is -2.29. The summed E-state index contributed by atoms with van der Waals surface area (Å²) in [6.45, 7) is 6.20. The molecule has 28 heavy (non-hydrogen) atoms. The zero-order valence-electron chi connectivity index (χ0n) is 16.7. The second kappa shape index (κ2) is 10.1. The minimum atomic E-state index is -0.771. The van der Waals surface area contributed by atoms with Crippen molar-refractivity contribution < 1.29 is 24.2 Å². The van der Waals surface area contributed by atoms with Crippen LogP contribution in [0.1, 0.15) is 56.8 Å². The van der Waals surface area contributed by atoms with Gasteiger partial charge in [-0.1, -0.05) is 13.8 Å². The van der Waals surface area contributed by atoms with Crippen molar-refractivity contribution in [2.24, 2.45) is 11.8 Å². The number of rotatable bonds is 8. The maximum atomic E-state index is 12.7. The van der Waals surface area contributed by atoms with Gasteiger partial charge in [0.05, 0.1) is 12.5 Å². The van der Waals surface area contributed by atoms with Gasteiger partial charge in [-0.15, -0.1) is 0 Å². The highest BCUT2D eigenvalue weighted by molar-refractivity contribution is 5.97. The molecule has 1 fully saturated rings. The van der Waals surface area contributed by atoms with Gasteiger partial charge < -0.3 is 20.5 Å². The summed E-state index contributed by atoms with van der Waals surface area (Å²) in [4.78, 5) is 36.3. The maximum absolute atomic E-state index is 12.7. The van der Waals surface area contributed by atoms with Crippen LogP contribution in [0.3, 0.4) is 0 Å². The monoisotopic (exact) mass is 390 g/mol. The quantitative estimate of drug-likeness (QED) is 0.633. The number of hydrogen-bond acceptors (Lipinski definition) is 4. The molecule has 0 radical (unpaired) electrons. The topological polar surface area (TPSA) is 105 Å². The van der Waals surface area contributed by atoms with E-state index in [1.54, 1.807) is 24.3 Å². The number of hydrogen-bond donors (Lipinski definition) is 3. The SMILES string of the molecule is CCOc1ccc(C(=O)NC(C(=O)NC2CCC(C(=O)O)CC2)C(C)C)cc1. The van der Waals surface area contributed by atoms with E-state index in [0.717, 1.165) is 0 Å². The number of carboxylic acids is 1. The lowest BCUT2D eigenvalue weighted by atomic mass is 9.86. The van der Waals surface area contributed by atoms with Crippen LogP contribution in [0.5, 0.6) is 5.75 Å². The molecular weight excluding hydrogens is 360 g/mol. The number of carbonyl (C=O) groups is 3. The number of amides is 2. The van der Waals surface area contributed by atoms with Gasteiger partial charge in [0.2, 0.25) is 5.91 Å². The normalized spacial score (nSPS) is 20.3. The first-order chi connectivity index (χ1) is 13.3. The van der Waals surface area contributed by atoms with E-state index in [2.05, 4.69) is 10.6 Å². The lowest BCUT2D eigenvalue weighted by molar-refractivity contribution is -0.142. The predicted molar refractivity (Wildman–Crippen MR) is 105 cm³/mol. The van der Waals surface area contributed by atoms with Gasteiger partial charge in [0.15, 0.2) is 0 Å². The molecule has 1 aromatic carbocycles. The van der Waals surface area contributed by atoms with Gasteiger partial charge in [0, 0.05) is 11.6 Å². The van der Waals surface area contributed by atoms with Gasteiger partial charge in [0.1, 0.15) is 11.8 Å². The first kappa shape index (κ1) is 21.7. The summed E-state index contributed by atoms with van der Waals surface area (Å²) in [5.74, 6) is -1.03. The Hall–Kier alpha value is -2.57. The highest BCUT2D eigenvalue weighted by Gasteiger charge is 2.30. The largest absolute Gasteiger partial charge is 0.494 e. The molecule has 3 N–H and O–H groups in total. The van der Waals surface area contributed by atoms with Crippen molar-refractivity contribution in [2.75, 3.05) is 6.61 Å². The van der Waals surface area contributed by atoms with Crippen LogP contribution in [-0.4, -0.2) is 41.6 Å². The smallest absolute Gasteiger partial charge is 0.306 e. The third-order valence-electron chi connectivity index (χ3n) is 5.09. The summed E-state index contributed by atoms with van der Waals surface area (Å²) in [5, 5.41) is 14.9. The van der Waals surface area contributed by atoms with Crippen LogP contribution in [0, 0.1) is 11.8 Å². The van der Waals surface area contributed by atoms with Crippen LogP contribution in [0.15, 0.2) is 24.3 Å². The second-order valence-electron chi connectivity index (χ2n) is 7.55. The van der Waals surface area contributed by atoms with Gasteiger partial charge in [-0.05, 0) is 62.8 Å². The fourth-order valence-electron chi connectivity index (χ4n) is 3.40. The summed E-state index contributed by atoms with van der Waals surface area (Å²) < 4.78 is 5.37. The number of aliphatic carboxylic acids is 1. The molecule has 154 valence electrons. The van der Waals surface area contributed by atoms with Gasteiger partial charge >= 0.3 is 5.97 Å². The summed E-state index contributed by atoms with van der Waals surface area (Å²) in [7, 11) is 0. The van der Waals surface area contributed by atoms with E-state index in [9.17, 15) is 14.4 Å². The first-order valence-electron chi connectivity index (χ1n) is 9.88. The van der Waals surface area contributed by atoms with Gasteiger partial charge in [-0.2, -0.15) is 0 Å². The molecular formula is C21H30N2O5. The molecule has 7 nitrogen and oxygen atoms in total. The standard InChI is InChI=1S/C21H30N2O5/c1-4-28-17-11-7-14(8-12-17)19(24)23-18(13(2)3)20(25)22-16-9-5-15(6-10-16)21(26)27/h7-8,11-13,15-16,18H,4-6,9-10H2,1-3H3,(H,22,25)(H,23,24)(H,26,27). The molecule has 1 unspecified atom stereocenters. The number of carboxylic acid groups (broad SMARTS) is 1. The Morgan fingerprint density at radius 2 is 1.71 bits per heavy atom. The number of carbonyl (C=O) groups excluding carboxylic acids is 2. The molecule has 0 saturated heterocycles. The van der Waals surface area contributed by atoms with Crippen molar-refractivity contribution in [1.29, 1.82) is 0 Å². The van der Waals surface area contributed by atoms with Crippen LogP contribution in [0.2, 0.25) is 0 Å². The Morgan fingerprint density at radius 3 is 2.21 bits per heavy atom. The number of benzene rings is 1. The zero-order chi connectivity index (χ0) is 20.7. The van der Waals surface area contributed by atoms with Crippen molar-refractivity contribution in [2.45, 2.75) is 58.5 Å². The van der Waals surface area contributed by atoms with Gasteiger partial charge in [0.25, 0.3) is 5.91 Å². The minimum absolute atomic E-state index is 0.0493. The molecule has 1 saturated carbocycles. The van der Waals surface area contributed by atoms with Crippen molar-refractivity contribution >= 4 is 17.8 Å². The van der Waals surface area contributed by atoms with Crippen LogP contribution >= 0.6 is 0 Å². The maximum Gasteiger partial charge on any atom is 0.306 e. The molecule has 1 aliphatic carbocycles. The Labute approximate surface area is 165 Å². The second-order valence-corrected chi connectivity index (χ2v) is 7.55. The molecule has 0 bridgehead atoms. The highest BCUT2D eigenvalue weighted by Crippen LogP contribution is 2.24. The Kier molecular flexibility index (Phi) is 7.84. The molecule has 0 heterocycles. The minimum Gasteiger partial charge on any atom is -0.494 e. The van der Waals surface area contributed by atoms with E-state index in [1.165, 1.54) is 0 Å². The van der Waals surface area contributed by atoms with Crippen LogP contribution in [0.25, 0.3) is 0 Å². The van der Waals surface area contributed by atoms with Crippen molar-refractivity contribution in [3.8, 4) is 5.75 Å². The fourth-order valence-corrected chi connectivity index (χ4v) is 3.40. The Balaban J connectivity index is 1.93. The van der Waals surface area contributed by atoms with Gasteiger partial charge in [-0.25, -0.2) is 0 Å². The molecule has 2 rings (SSSR count). The highest BCUT2D eigenvalue weighted by atomic mass is 16.5. The van der Waals surface area contributed by atoms with Crippen LogP contribution < -0.4 is 15.4 Å². The van der Waals surface area contributed by atoms with E-state index in [-0.39, 0.29) is 29.7 Å². The third-order valence-corrected chi connectivity index (χ3v) is 5.09. The van der Waals surface area contributed by atoms with Crippen molar-refractivity contribution in [3.63, 3.8) is 0 Å². The summed E-state index contributed by atoms with van der Waals surface area (Å²) in [5.41, 5.74) is 0.462. The van der Waals surface area contributed by atoms with E-state index in [4.69, 9.17) is 9.84 Å². The average molecular weight is 390 g/mol. The van der Waals surface area contributed by atoms with E-state index in [1.807, 2.05) is 20.8 Å². The van der Waals surface area contributed by atoms with Crippen LogP contribution in [-0.2, 0) is 9.59 Å². The van der Waals surface area contributed by atoms with E-state index < -0.39 is 12.0 Å². The number of nitrogens with one attached hydrogen (secondary N) is 2. The van der Waals surface area contributed by atoms with E-state index >= 15 is 0 Å². The lowest BCUT2D eigenvalue weighted by Crippen LogP contribution is -2.52. The zero-order valence-corrected chi connectivity index (χ0v) is 16.7. The molecule has 1 atom stereocenters. The summed E-state index contributed by atoms with van der Waals surface area (Å²) >= 11 is 0. The molecule has 2 amide bonds. The molecule has 0 aromatic heterocycles. The summed E-state index contributed by atoms with van der Waals surface area (Å²) in [6.07, 6.45) is 2.40.